The molecular weight excluding hydrogens is 331 g/mol. The van der Waals surface area contributed by atoms with Gasteiger partial charge in [0.25, 0.3) is 0 Å². The van der Waals surface area contributed by atoms with E-state index in [1.807, 2.05) is 0 Å². The summed E-state index contributed by atoms with van der Waals surface area (Å²) in [6.45, 7) is 0. The fraction of sp³-hybridized carbons (Fsp3) is 0.0714. The number of benzene rings is 2. The maximum Gasteiger partial charge on any atom is 0.201 e. The lowest BCUT2D eigenvalue weighted by Crippen LogP contribution is -1.94. The van der Waals surface area contributed by atoms with Crippen LogP contribution in [0.3, 0.4) is 0 Å². The van der Waals surface area contributed by atoms with Crippen molar-refractivity contribution in [2.45, 2.75) is 0 Å². The zero-order chi connectivity index (χ0) is 14.9. The van der Waals surface area contributed by atoms with Crippen molar-refractivity contribution in [2.24, 2.45) is 0 Å². The number of methoxy groups -OCH3 is 1. The second-order valence-electron chi connectivity index (χ2n) is 3.98. The molecule has 6 heteroatoms. The van der Waals surface area contributed by atoms with Crippen LogP contribution in [0.2, 0.25) is 0 Å². The zero-order valence-corrected chi connectivity index (χ0v) is 11.9. The third-order valence-electron chi connectivity index (χ3n) is 2.83. The lowest BCUT2D eigenvalue weighted by atomic mass is 9.98. The molecule has 0 aliphatic carbocycles. The van der Waals surface area contributed by atoms with E-state index in [4.69, 9.17) is 4.74 Å². The van der Waals surface area contributed by atoms with E-state index in [9.17, 15) is 19.4 Å². The van der Waals surface area contributed by atoms with Gasteiger partial charge < -0.3 is 14.9 Å². The summed E-state index contributed by atoms with van der Waals surface area (Å²) in [6, 6.07) is 5.31. The van der Waals surface area contributed by atoms with Gasteiger partial charge in [-0.3, -0.25) is 4.79 Å². The monoisotopic (exact) mass is 340 g/mol. The lowest BCUT2D eigenvalue weighted by molar-refractivity contribution is 0.112. The molecule has 2 N–H and O–H groups in total. The van der Waals surface area contributed by atoms with E-state index in [0.29, 0.717) is 16.3 Å². The van der Waals surface area contributed by atoms with Gasteiger partial charge in [-0.15, -0.1) is 0 Å². The highest BCUT2D eigenvalue weighted by atomic mass is 79.9. The molecule has 2 aromatic carbocycles. The van der Waals surface area contributed by atoms with Crippen LogP contribution in [0.4, 0.5) is 4.39 Å². The number of carbonyl (C=O) groups excluding carboxylic acids is 1. The first kappa shape index (κ1) is 14.3. The summed E-state index contributed by atoms with van der Waals surface area (Å²) in [5, 5.41) is 19.5. The Kier molecular flexibility index (Phi) is 3.94. The number of phenolic OH excluding ortho intramolecular Hbond substituents is 2. The molecule has 0 amide bonds. The van der Waals surface area contributed by atoms with E-state index in [2.05, 4.69) is 15.9 Å². The number of ether oxygens (including phenoxy) is 1. The van der Waals surface area contributed by atoms with Crippen molar-refractivity contribution in [2.75, 3.05) is 7.11 Å². The van der Waals surface area contributed by atoms with Crippen LogP contribution >= 0.6 is 15.9 Å². The van der Waals surface area contributed by atoms with Crippen molar-refractivity contribution in [3.05, 3.63) is 40.1 Å². The Bertz CT molecular complexity index is 685. The van der Waals surface area contributed by atoms with Crippen molar-refractivity contribution in [3.63, 3.8) is 0 Å². The van der Waals surface area contributed by atoms with Crippen LogP contribution in [0, 0.1) is 5.82 Å². The van der Waals surface area contributed by atoms with Gasteiger partial charge in [-0.05, 0) is 29.8 Å². The van der Waals surface area contributed by atoms with Crippen LogP contribution in [-0.2, 0) is 0 Å². The summed E-state index contributed by atoms with van der Waals surface area (Å²) in [5.74, 6) is -1.65. The third kappa shape index (κ3) is 2.34. The van der Waals surface area contributed by atoms with E-state index >= 15 is 0 Å². The van der Waals surface area contributed by atoms with E-state index in [1.54, 1.807) is 0 Å². The lowest BCUT2D eigenvalue weighted by Gasteiger charge is -2.13. The standard InChI is InChI=1S/C14H10BrFO4/c1-20-12-5-8(10(6-17)13(18)14(12)19)9-4-7(16)2-3-11(9)15/h2-6,18-19H,1H3. The molecule has 0 aromatic heterocycles. The number of hydrogen-bond acceptors (Lipinski definition) is 4. The van der Waals surface area contributed by atoms with Gasteiger partial charge in [0, 0.05) is 10.0 Å². The minimum absolute atomic E-state index is 0.0146. The predicted octanol–water partition coefficient (Wildman–Crippen LogP) is 3.49. The predicted molar refractivity (Wildman–Crippen MR) is 74.8 cm³/mol. The van der Waals surface area contributed by atoms with Crippen LogP contribution in [0.15, 0.2) is 28.7 Å². The molecule has 20 heavy (non-hydrogen) atoms. The normalized spacial score (nSPS) is 10.3. The molecule has 0 bridgehead atoms. The van der Waals surface area contributed by atoms with Crippen molar-refractivity contribution in [1.82, 2.24) is 0 Å². The molecule has 0 aliphatic rings. The van der Waals surface area contributed by atoms with Gasteiger partial charge in [-0.2, -0.15) is 0 Å². The molecule has 2 rings (SSSR count). The van der Waals surface area contributed by atoms with Gasteiger partial charge in [0.2, 0.25) is 5.75 Å². The Morgan fingerprint density at radius 3 is 2.50 bits per heavy atom. The first-order valence-electron chi connectivity index (χ1n) is 5.53. The summed E-state index contributed by atoms with van der Waals surface area (Å²) in [6.07, 6.45) is 0.390. The molecule has 2 aromatic rings. The quantitative estimate of drug-likeness (QED) is 0.663. The molecule has 0 aliphatic heterocycles. The van der Waals surface area contributed by atoms with Crippen LogP contribution in [-0.4, -0.2) is 23.6 Å². The van der Waals surface area contributed by atoms with E-state index in [0.717, 1.165) is 0 Å². The summed E-state index contributed by atoms with van der Waals surface area (Å²) in [5.41, 5.74) is 0.467. The summed E-state index contributed by atoms with van der Waals surface area (Å²) < 4.78 is 18.8. The Hall–Kier alpha value is -2.08. The van der Waals surface area contributed by atoms with Crippen LogP contribution in [0.5, 0.6) is 17.2 Å². The van der Waals surface area contributed by atoms with Crippen molar-refractivity contribution in [1.29, 1.82) is 0 Å². The molecule has 0 heterocycles. The summed E-state index contributed by atoms with van der Waals surface area (Å²) in [4.78, 5) is 11.1. The molecule has 4 nitrogen and oxygen atoms in total. The first-order chi connectivity index (χ1) is 9.49. The first-order valence-corrected chi connectivity index (χ1v) is 6.32. The smallest absolute Gasteiger partial charge is 0.201 e. The Morgan fingerprint density at radius 1 is 1.20 bits per heavy atom. The Balaban J connectivity index is 2.82. The average Bonchev–Trinajstić information content (AvgIpc) is 2.44. The van der Waals surface area contributed by atoms with E-state index in [1.165, 1.54) is 31.4 Å². The minimum Gasteiger partial charge on any atom is -0.504 e. The van der Waals surface area contributed by atoms with Gasteiger partial charge in [-0.1, -0.05) is 15.9 Å². The van der Waals surface area contributed by atoms with Crippen LogP contribution in [0.1, 0.15) is 10.4 Å². The number of halogens is 2. The maximum atomic E-state index is 13.4. The second-order valence-corrected chi connectivity index (χ2v) is 4.83. The van der Waals surface area contributed by atoms with Gasteiger partial charge in [0.15, 0.2) is 17.8 Å². The Labute approximate surface area is 122 Å². The highest BCUT2D eigenvalue weighted by Crippen LogP contribution is 2.44. The number of carbonyl (C=O) groups is 1. The summed E-state index contributed by atoms with van der Waals surface area (Å²) in [7, 11) is 1.31. The fourth-order valence-corrected chi connectivity index (χ4v) is 2.31. The molecule has 0 saturated carbocycles. The number of hydrogen-bond donors (Lipinski definition) is 2. The highest BCUT2D eigenvalue weighted by Gasteiger charge is 2.20. The third-order valence-corrected chi connectivity index (χ3v) is 3.53. The molecule has 0 unspecified atom stereocenters. The van der Waals surface area contributed by atoms with E-state index < -0.39 is 17.3 Å². The number of aromatic hydroxyl groups is 2. The molecule has 104 valence electrons. The molecule has 0 atom stereocenters. The number of aldehydes is 1. The van der Waals surface area contributed by atoms with Gasteiger partial charge in [-0.25, -0.2) is 4.39 Å². The molecular formula is C14H10BrFO4. The van der Waals surface area contributed by atoms with Crippen LogP contribution < -0.4 is 4.74 Å². The molecule has 0 saturated heterocycles. The topological polar surface area (TPSA) is 66.8 Å². The van der Waals surface area contributed by atoms with Gasteiger partial charge in [0.1, 0.15) is 5.82 Å². The van der Waals surface area contributed by atoms with Crippen LogP contribution in [0.25, 0.3) is 11.1 Å². The number of rotatable bonds is 3. The fourth-order valence-electron chi connectivity index (χ4n) is 1.85. The SMILES string of the molecule is COc1cc(-c2cc(F)ccc2Br)c(C=O)c(O)c1O. The maximum absolute atomic E-state index is 13.4. The highest BCUT2D eigenvalue weighted by molar-refractivity contribution is 9.10. The van der Waals surface area contributed by atoms with E-state index in [-0.39, 0.29) is 16.9 Å². The van der Waals surface area contributed by atoms with Crippen molar-refractivity contribution >= 4 is 22.2 Å². The summed E-state index contributed by atoms with van der Waals surface area (Å²) >= 11 is 3.25. The van der Waals surface area contributed by atoms with Gasteiger partial charge in [0.05, 0.1) is 12.7 Å². The number of phenols is 2. The molecule has 0 fully saturated rings. The van der Waals surface area contributed by atoms with Gasteiger partial charge >= 0.3 is 0 Å². The van der Waals surface area contributed by atoms with Crippen molar-refractivity contribution < 1.29 is 24.1 Å². The molecule has 0 radical (unpaired) electrons. The largest absolute Gasteiger partial charge is 0.504 e. The van der Waals surface area contributed by atoms with Crippen molar-refractivity contribution in [3.8, 4) is 28.4 Å². The zero-order valence-electron chi connectivity index (χ0n) is 10.4. The minimum atomic E-state index is -0.606. The average molecular weight is 341 g/mol. The Morgan fingerprint density at radius 2 is 1.90 bits per heavy atom. The second kappa shape index (κ2) is 5.50. The molecule has 0 spiro atoms.